The van der Waals surface area contributed by atoms with E-state index in [1.54, 1.807) is 17.0 Å². The van der Waals surface area contributed by atoms with Gasteiger partial charge in [-0.25, -0.2) is 0 Å². The van der Waals surface area contributed by atoms with E-state index in [9.17, 15) is 9.90 Å². The van der Waals surface area contributed by atoms with Crippen LogP contribution < -0.4 is 0 Å². The zero-order valence-corrected chi connectivity index (χ0v) is 16.5. The van der Waals surface area contributed by atoms with E-state index in [4.69, 9.17) is 16.1 Å². The molecule has 1 atom stereocenters. The fourth-order valence-corrected chi connectivity index (χ4v) is 4.81. The molecule has 148 valence electrons. The number of β-amino-alcohol motifs (C(OH)–C–C–N with tert-alkyl or cyclic N) is 1. The van der Waals surface area contributed by atoms with E-state index < -0.39 is 0 Å². The molecule has 2 heterocycles. The molecule has 0 bridgehead atoms. The van der Waals surface area contributed by atoms with Gasteiger partial charge in [0.2, 0.25) is 11.7 Å². The SMILES string of the molecule is O=C1C[C@@]2(CCc3c(-c4noc(-c5ccc(Cl)cc5)n4)cccc32)CN1CCO. The van der Waals surface area contributed by atoms with Gasteiger partial charge in [0, 0.05) is 41.1 Å². The third-order valence-corrected chi connectivity index (χ3v) is 6.32. The molecule has 1 aliphatic carbocycles. The summed E-state index contributed by atoms with van der Waals surface area (Å²) in [4.78, 5) is 18.8. The second-order valence-corrected chi connectivity index (χ2v) is 8.19. The van der Waals surface area contributed by atoms with E-state index in [2.05, 4.69) is 16.2 Å². The van der Waals surface area contributed by atoms with Crippen LogP contribution in [0.1, 0.15) is 24.0 Å². The highest BCUT2D eigenvalue weighted by Gasteiger charge is 2.48. The topological polar surface area (TPSA) is 79.5 Å². The van der Waals surface area contributed by atoms with Gasteiger partial charge in [-0.3, -0.25) is 4.79 Å². The second-order valence-electron chi connectivity index (χ2n) is 7.76. The molecule has 5 rings (SSSR count). The average molecular weight is 410 g/mol. The largest absolute Gasteiger partial charge is 0.395 e. The zero-order valence-electron chi connectivity index (χ0n) is 15.8. The molecule has 7 heteroatoms. The van der Waals surface area contributed by atoms with Crippen LogP contribution in [0.2, 0.25) is 5.02 Å². The molecule has 2 aromatic carbocycles. The predicted molar refractivity (Wildman–Crippen MR) is 108 cm³/mol. The van der Waals surface area contributed by atoms with Gasteiger partial charge in [0.15, 0.2) is 0 Å². The molecule has 6 nitrogen and oxygen atoms in total. The molecule has 29 heavy (non-hydrogen) atoms. The molecule has 0 radical (unpaired) electrons. The lowest BCUT2D eigenvalue weighted by Crippen LogP contribution is -2.32. The molecule has 1 aliphatic heterocycles. The van der Waals surface area contributed by atoms with Crippen molar-refractivity contribution in [3.8, 4) is 22.8 Å². The summed E-state index contributed by atoms with van der Waals surface area (Å²) >= 11 is 5.96. The molecule has 1 aromatic heterocycles. The number of carbonyl (C=O) groups is 1. The number of aromatic nitrogens is 2. The number of benzene rings is 2. The van der Waals surface area contributed by atoms with Gasteiger partial charge in [-0.2, -0.15) is 4.98 Å². The van der Waals surface area contributed by atoms with E-state index >= 15 is 0 Å². The van der Waals surface area contributed by atoms with Crippen molar-refractivity contribution in [2.24, 2.45) is 0 Å². The molecule has 1 saturated heterocycles. The van der Waals surface area contributed by atoms with E-state index in [1.165, 1.54) is 11.1 Å². The number of halogens is 1. The van der Waals surface area contributed by atoms with Gasteiger partial charge in [-0.05, 0) is 48.2 Å². The van der Waals surface area contributed by atoms with Crippen molar-refractivity contribution in [1.82, 2.24) is 15.0 Å². The number of fused-ring (bicyclic) bond motifs is 2. The highest BCUT2D eigenvalue weighted by molar-refractivity contribution is 6.30. The van der Waals surface area contributed by atoms with E-state index in [-0.39, 0.29) is 17.9 Å². The lowest BCUT2D eigenvalue weighted by atomic mass is 9.80. The summed E-state index contributed by atoms with van der Waals surface area (Å²) < 4.78 is 5.49. The quantitative estimate of drug-likeness (QED) is 0.713. The van der Waals surface area contributed by atoms with Gasteiger partial charge in [0.1, 0.15) is 0 Å². The number of likely N-dealkylation sites (tertiary alicyclic amines) is 1. The Kier molecular flexibility index (Phi) is 4.41. The standard InChI is InChI=1S/C22H20ClN3O3/c23-15-6-4-14(5-7-15)21-24-20(25-29-21)17-2-1-3-18-16(17)8-9-22(18)12-19(28)26(13-22)10-11-27/h1-7,27H,8-13H2/t22-/m0/s1. The van der Waals surface area contributed by atoms with Crippen molar-refractivity contribution < 1.29 is 14.4 Å². The molecule has 1 N–H and O–H groups in total. The second kappa shape index (κ2) is 6.97. The van der Waals surface area contributed by atoms with Gasteiger partial charge >= 0.3 is 0 Å². The Labute approximate surface area is 173 Å². The van der Waals surface area contributed by atoms with Crippen LogP contribution in [0.4, 0.5) is 0 Å². The van der Waals surface area contributed by atoms with Crippen LogP contribution in [0.15, 0.2) is 47.0 Å². The van der Waals surface area contributed by atoms with Gasteiger partial charge < -0.3 is 14.5 Å². The Balaban J connectivity index is 1.50. The van der Waals surface area contributed by atoms with E-state index in [0.29, 0.717) is 36.2 Å². The lowest BCUT2D eigenvalue weighted by molar-refractivity contribution is -0.128. The number of hydrogen-bond donors (Lipinski definition) is 1. The number of hydrogen-bond acceptors (Lipinski definition) is 5. The summed E-state index contributed by atoms with van der Waals surface area (Å²) in [6.45, 7) is 1.04. The molecule has 0 saturated carbocycles. The number of nitrogens with zero attached hydrogens (tertiary/aromatic N) is 3. The van der Waals surface area contributed by atoms with Gasteiger partial charge in [0.05, 0.1) is 6.61 Å². The smallest absolute Gasteiger partial charge is 0.258 e. The maximum atomic E-state index is 12.4. The molecule has 3 aromatic rings. The number of amides is 1. The van der Waals surface area contributed by atoms with Crippen LogP contribution in [-0.4, -0.2) is 45.8 Å². The molecule has 1 amide bonds. The summed E-state index contributed by atoms with van der Waals surface area (Å²) in [5.41, 5.74) is 3.98. The third-order valence-electron chi connectivity index (χ3n) is 6.06. The van der Waals surface area contributed by atoms with Crippen LogP contribution in [0.25, 0.3) is 22.8 Å². The first-order valence-electron chi connectivity index (χ1n) is 9.71. The number of carbonyl (C=O) groups excluding carboxylic acids is 1. The van der Waals surface area contributed by atoms with Gasteiger partial charge in [-0.1, -0.05) is 35.0 Å². The Morgan fingerprint density at radius 1 is 1.21 bits per heavy atom. The first-order valence-corrected chi connectivity index (χ1v) is 10.1. The lowest BCUT2D eigenvalue weighted by Gasteiger charge is -2.24. The van der Waals surface area contributed by atoms with Crippen LogP contribution in [0.3, 0.4) is 0 Å². The number of aliphatic hydroxyl groups excluding tert-OH is 1. The maximum absolute atomic E-state index is 12.4. The predicted octanol–water partition coefficient (Wildman–Crippen LogP) is 3.47. The fourth-order valence-electron chi connectivity index (χ4n) is 4.69. The van der Waals surface area contributed by atoms with Gasteiger partial charge in [-0.15, -0.1) is 0 Å². The Morgan fingerprint density at radius 2 is 2.03 bits per heavy atom. The number of rotatable bonds is 4. The monoisotopic (exact) mass is 409 g/mol. The molecule has 1 fully saturated rings. The fraction of sp³-hybridized carbons (Fsp3) is 0.318. The van der Waals surface area contributed by atoms with E-state index in [1.807, 2.05) is 24.3 Å². The van der Waals surface area contributed by atoms with Crippen LogP contribution in [0.5, 0.6) is 0 Å². The Hall–Kier alpha value is -2.70. The third kappa shape index (κ3) is 3.03. The van der Waals surface area contributed by atoms with Crippen molar-refractivity contribution in [2.45, 2.75) is 24.7 Å². The Bertz CT molecular complexity index is 1080. The number of aliphatic hydroxyl groups is 1. The minimum absolute atomic E-state index is 0.00888. The molecular weight excluding hydrogens is 390 g/mol. The highest BCUT2D eigenvalue weighted by Crippen LogP contribution is 2.48. The summed E-state index contributed by atoms with van der Waals surface area (Å²) in [5, 5.41) is 14.1. The highest BCUT2D eigenvalue weighted by atomic mass is 35.5. The Morgan fingerprint density at radius 3 is 2.83 bits per heavy atom. The summed E-state index contributed by atoms with van der Waals surface area (Å²) in [6.07, 6.45) is 2.28. The molecule has 0 unspecified atom stereocenters. The normalized spacial score (nSPS) is 20.6. The summed E-state index contributed by atoms with van der Waals surface area (Å²) in [6, 6.07) is 13.4. The molecular formula is C22H20ClN3O3. The first kappa shape index (κ1) is 18.3. The van der Waals surface area contributed by atoms with Crippen LogP contribution in [0, 0.1) is 0 Å². The molecule has 2 aliphatic rings. The van der Waals surface area contributed by atoms with Crippen molar-refractivity contribution in [3.05, 3.63) is 58.6 Å². The van der Waals surface area contributed by atoms with Crippen LogP contribution in [-0.2, 0) is 16.6 Å². The summed E-state index contributed by atoms with van der Waals surface area (Å²) in [5.74, 6) is 1.12. The van der Waals surface area contributed by atoms with Crippen LogP contribution >= 0.6 is 11.6 Å². The minimum atomic E-state index is -0.180. The zero-order chi connectivity index (χ0) is 20.0. The van der Waals surface area contributed by atoms with Gasteiger partial charge in [0.25, 0.3) is 5.89 Å². The average Bonchev–Trinajstić information content (AvgIpc) is 3.42. The summed E-state index contributed by atoms with van der Waals surface area (Å²) in [7, 11) is 0. The molecule has 1 spiro atoms. The van der Waals surface area contributed by atoms with Crippen molar-refractivity contribution in [2.75, 3.05) is 19.7 Å². The van der Waals surface area contributed by atoms with Crippen molar-refractivity contribution in [1.29, 1.82) is 0 Å². The maximum Gasteiger partial charge on any atom is 0.258 e. The minimum Gasteiger partial charge on any atom is -0.395 e. The van der Waals surface area contributed by atoms with Crippen molar-refractivity contribution in [3.63, 3.8) is 0 Å². The van der Waals surface area contributed by atoms with Crippen molar-refractivity contribution >= 4 is 17.5 Å². The first-order chi connectivity index (χ1) is 14.1. The van der Waals surface area contributed by atoms with E-state index in [0.717, 1.165) is 24.0 Å².